The number of nitrogens with zero attached hydrogens (tertiary/aromatic N) is 2. The van der Waals surface area contributed by atoms with E-state index in [1.165, 1.54) is 11.1 Å². The molecule has 1 aromatic heterocycles. The molecule has 5 heteroatoms. The molecule has 2 aromatic rings. The Morgan fingerprint density at radius 3 is 2.69 bits per heavy atom. The third-order valence-corrected chi connectivity index (χ3v) is 4.58. The van der Waals surface area contributed by atoms with Crippen LogP contribution in [0, 0.1) is 0 Å². The summed E-state index contributed by atoms with van der Waals surface area (Å²) in [6.45, 7) is 6.51. The standard InChI is InChI=1S/C21H27N3O2/c1-3-22-20(23-16-21(2,25)19-10-7-15-26-19)24-13-11-18(12-14-24)17-8-5-4-6-9-17/h4-11,15,25H,3,12-14,16H2,1-2H3,(H,22,23). The van der Waals surface area contributed by atoms with Gasteiger partial charge in [0.2, 0.25) is 0 Å². The molecule has 1 aromatic carbocycles. The predicted octanol–water partition coefficient (Wildman–Crippen LogP) is 3.24. The summed E-state index contributed by atoms with van der Waals surface area (Å²) in [5.74, 6) is 1.35. The second-order valence-corrected chi connectivity index (χ2v) is 6.71. The first-order valence-electron chi connectivity index (χ1n) is 9.14. The van der Waals surface area contributed by atoms with Gasteiger partial charge >= 0.3 is 0 Å². The minimum absolute atomic E-state index is 0.245. The highest BCUT2D eigenvalue weighted by molar-refractivity contribution is 5.81. The van der Waals surface area contributed by atoms with Gasteiger partial charge in [-0.15, -0.1) is 0 Å². The number of benzene rings is 1. The van der Waals surface area contributed by atoms with Crippen LogP contribution in [0.3, 0.4) is 0 Å². The highest BCUT2D eigenvalue weighted by Crippen LogP contribution is 2.23. The number of furan rings is 1. The molecule has 0 radical (unpaired) electrons. The molecule has 0 bridgehead atoms. The minimum atomic E-state index is -1.12. The number of aliphatic hydroxyl groups is 1. The van der Waals surface area contributed by atoms with E-state index in [4.69, 9.17) is 4.42 Å². The van der Waals surface area contributed by atoms with Crippen molar-refractivity contribution in [3.8, 4) is 0 Å². The quantitative estimate of drug-likeness (QED) is 0.640. The molecule has 26 heavy (non-hydrogen) atoms. The summed E-state index contributed by atoms with van der Waals surface area (Å²) in [6, 6.07) is 14.1. The van der Waals surface area contributed by atoms with E-state index in [1.54, 1.807) is 25.3 Å². The summed E-state index contributed by atoms with van der Waals surface area (Å²) in [5.41, 5.74) is 1.54. The summed E-state index contributed by atoms with van der Waals surface area (Å²) in [5, 5.41) is 14.0. The molecule has 1 aliphatic rings. The van der Waals surface area contributed by atoms with E-state index in [9.17, 15) is 5.11 Å². The van der Waals surface area contributed by atoms with Crippen LogP contribution in [0.5, 0.6) is 0 Å². The van der Waals surface area contributed by atoms with Crippen molar-refractivity contribution >= 4 is 11.5 Å². The van der Waals surface area contributed by atoms with E-state index >= 15 is 0 Å². The van der Waals surface area contributed by atoms with Crippen molar-refractivity contribution in [3.63, 3.8) is 0 Å². The van der Waals surface area contributed by atoms with Crippen LogP contribution >= 0.6 is 0 Å². The molecule has 138 valence electrons. The van der Waals surface area contributed by atoms with Gasteiger partial charge in [-0.25, -0.2) is 4.99 Å². The zero-order valence-corrected chi connectivity index (χ0v) is 15.5. The van der Waals surface area contributed by atoms with Crippen LogP contribution in [-0.4, -0.2) is 42.1 Å². The molecule has 1 atom stereocenters. The van der Waals surface area contributed by atoms with Gasteiger partial charge in [-0.1, -0.05) is 36.4 Å². The second kappa shape index (κ2) is 8.23. The topological polar surface area (TPSA) is 61.0 Å². The smallest absolute Gasteiger partial charge is 0.194 e. The van der Waals surface area contributed by atoms with Crippen LogP contribution in [0.1, 0.15) is 31.6 Å². The molecule has 0 saturated carbocycles. The Morgan fingerprint density at radius 1 is 1.27 bits per heavy atom. The maximum absolute atomic E-state index is 10.6. The van der Waals surface area contributed by atoms with Crippen LogP contribution in [-0.2, 0) is 5.60 Å². The van der Waals surface area contributed by atoms with E-state index < -0.39 is 5.60 Å². The van der Waals surface area contributed by atoms with E-state index in [2.05, 4.69) is 52.5 Å². The molecule has 0 saturated heterocycles. The second-order valence-electron chi connectivity index (χ2n) is 6.71. The van der Waals surface area contributed by atoms with Gasteiger partial charge in [0.25, 0.3) is 0 Å². The monoisotopic (exact) mass is 353 g/mol. The average Bonchev–Trinajstić information content (AvgIpc) is 3.22. The summed E-state index contributed by atoms with van der Waals surface area (Å²) in [4.78, 5) is 6.87. The molecular weight excluding hydrogens is 326 g/mol. The Kier molecular flexibility index (Phi) is 5.78. The lowest BCUT2D eigenvalue weighted by Gasteiger charge is -2.30. The third kappa shape index (κ3) is 4.35. The maximum atomic E-state index is 10.6. The summed E-state index contributed by atoms with van der Waals surface area (Å²) in [7, 11) is 0. The molecule has 1 unspecified atom stereocenters. The zero-order valence-electron chi connectivity index (χ0n) is 15.5. The SMILES string of the molecule is CCNC(=NCC(C)(O)c1ccco1)N1CC=C(c2ccccc2)CC1. The molecular formula is C21H27N3O2. The lowest BCUT2D eigenvalue weighted by Crippen LogP contribution is -2.44. The molecule has 0 fully saturated rings. The molecule has 2 N–H and O–H groups in total. The first-order chi connectivity index (χ1) is 12.6. The maximum Gasteiger partial charge on any atom is 0.194 e. The minimum Gasteiger partial charge on any atom is -0.466 e. The van der Waals surface area contributed by atoms with Crippen molar-refractivity contribution in [1.29, 1.82) is 0 Å². The Hall–Kier alpha value is -2.53. The van der Waals surface area contributed by atoms with Gasteiger partial charge in [0.15, 0.2) is 5.96 Å². The molecule has 5 nitrogen and oxygen atoms in total. The van der Waals surface area contributed by atoms with Crippen molar-refractivity contribution in [2.75, 3.05) is 26.2 Å². The number of rotatable bonds is 5. The van der Waals surface area contributed by atoms with Gasteiger partial charge in [-0.2, -0.15) is 0 Å². The molecule has 2 heterocycles. The van der Waals surface area contributed by atoms with Crippen molar-refractivity contribution in [3.05, 3.63) is 66.1 Å². The van der Waals surface area contributed by atoms with Gasteiger partial charge < -0.3 is 19.7 Å². The van der Waals surface area contributed by atoms with E-state index in [1.807, 2.05) is 6.07 Å². The molecule has 3 rings (SSSR count). The van der Waals surface area contributed by atoms with E-state index in [-0.39, 0.29) is 6.54 Å². The summed E-state index contributed by atoms with van der Waals surface area (Å²) >= 11 is 0. The predicted molar refractivity (Wildman–Crippen MR) is 105 cm³/mol. The molecule has 0 amide bonds. The van der Waals surface area contributed by atoms with Crippen molar-refractivity contribution in [2.45, 2.75) is 25.9 Å². The highest BCUT2D eigenvalue weighted by atomic mass is 16.4. The Bertz CT molecular complexity index is 749. The number of hydrogen-bond acceptors (Lipinski definition) is 3. The summed E-state index contributed by atoms with van der Waals surface area (Å²) < 4.78 is 5.34. The van der Waals surface area contributed by atoms with Crippen molar-refractivity contribution in [2.24, 2.45) is 4.99 Å². The van der Waals surface area contributed by atoms with Crippen LogP contribution < -0.4 is 5.32 Å². The lowest BCUT2D eigenvalue weighted by atomic mass is 10.00. The third-order valence-electron chi connectivity index (χ3n) is 4.58. The molecule has 0 aliphatic carbocycles. The van der Waals surface area contributed by atoms with Crippen LogP contribution in [0.25, 0.3) is 5.57 Å². The summed E-state index contributed by atoms with van der Waals surface area (Å²) in [6.07, 6.45) is 4.80. The Morgan fingerprint density at radius 2 is 2.08 bits per heavy atom. The molecule has 1 aliphatic heterocycles. The number of aliphatic imine (C=N–C) groups is 1. The largest absolute Gasteiger partial charge is 0.466 e. The van der Waals surface area contributed by atoms with Gasteiger partial charge in [0.05, 0.1) is 12.8 Å². The average molecular weight is 353 g/mol. The first kappa shape index (κ1) is 18.3. The number of hydrogen-bond donors (Lipinski definition) is 2. The van der Waals surface area contributed by atoms with Gasteiger partial charge in [-0.3, -0.25) is 0 Å². The first-order valence-corrected chi connectivity index (χ1v) is 9.14. The van der Waals surface area contributed by atoms with Gasteiger partial charge in [0.1, 0.15) is 11.4 Å². The Labute approximate surface area is 155 Å². The number of guanidine groups is 1. The fourth-order valence-electron chi connectivity index (χ4n) is 3.09. The normalized spacial score (nSPS) is 17.6. The lowest BCUT2D eigenvalue weighted by molar-refractivity contribution is 0.0434. The van der Waals surface area contributed by atoms with Crippen molar-refractivity contribution < 1.29 is 9.52 Å². The fraction of sp³-hybridized carbons (Fsp3) is 0.381. The van der Waals surface area contributed by atoms with Crippen molar-refractivity contribution in [1.82, 2.24) is 10.2 Å². The molecule has 0 spiro atoms. The van der Waals surface area contributed by atoms with Crippen LogP contribution in [0.4, 0.5) is 0 Å². The highest BCUT2D eigenvalue weighted by Gasteiger charge is 2.26. The zero-order chi connectivity index (χ0) is 18.4. The Balaban J connectivity index is 1.70. The van der Waals surface area contributed by atoms with Gasteiger partial charge in [-0.05, 0) is 43.5 Å². The van der Waals surface area contributed by atoms with Crippen LogP contribution in [0.2, 0.25) is 0 Å². The van der Waals surface area contributed by atoms with E-state index in [0.717, 1.165) is 32.0 Å². The van der Waals surface area contributed by atoms with E-state index in [0.29, 0.717) is 5.76 Å². The fourth-order valence-corrected chi connectivity index (χ4v) is 3.09. The number of nitrogens with one attached hydrogen (secondary N) is 1. The van der Waals surface area contributed by atoms with Crippen LogP contribution in [0.15, 0.2) is 64.2 Å². The van der Waals surface area contributed by atoms with Gasteiger partial charge in [0, 0.05) is 19.6 Å².